The number of hydrogen-bond acceptors (Lipinski definition) is 1. The summed E-state index contributed by atoms with van der Waals surface area (Å²) in [6.45, 7) is 4.00. The van der Waals surface area contributed by atoms with Gasteiger partial charge in [0.05, 0.1) is 5.69 Å². The van der Waals surface area contributed by atoms with Gasteiger partial charge < -0.3 is 0 Å². The molecule has 9 rings (SSSR count). The molecular formula is C45H33N. The highest BCUT2D eigenvalue weighted by Gasteiger charge is 2.17. The van der Waals surface area contributed by atoms with Gasteiger partial charge in [0.1, 0.15) is 0 Å². The van der Waals surface area contributed by atoms with E-state index in [1.165, 1.54) is 76.1 Å². The average Bonchev–Trinajstić information content (AvgIpc) is 3.14. The first-order valence-corrected chi connectivity index (χ1v) is 16.1. The Kier molecular flexibility index (Phi) is 7.00. The summed E-state index contributed by atoms with van der Waals surface area (Å²) in [5, 5.41) is 12.5. The number of hydrogen-bond donors (Lipinski definition) is 0. The van der Waals surface area contributed by atoms with Gasteiger partial charge in [-0.2, -0.15) is 0 Å². The molecule has 1 heterocycles. The fourth-order valence-electron chi connectivity index (χ4n) is 7.12. The Morgan fingerprint density at radius 1 is 0.348 bits per heavy atom. The van der Waals surface area contributed by atoms with Crippen LogP contribution in [0.25, 0.3) is 87.4 Å². The molecule has 0 saturated heterocycles. The summed E-state index contributed by atoms with van der Waals surface area (Å²) in [4.78, 5) is 5.18. The second-order valence-electron chi connectivity index (χ2n) is 11.5. The maximum atomic E-state index is 5.18. The summed E-state index contributed by atoms with van der Waals surface area (Å²) in [6.07, 6.45) is 2.06. The lowest BCUT2D eigenvalue weighted by molar-refractivity contribution is 1.34. The van der Waals surface area contributed by atoms with Gasteiger partial charge in [0.15, 0.2) is 0 Å². The third-order valence-electron chi connectivity index (χ3n) is 9.09. The SMILES string of the molecule is CC.c1ccc(-c2c3ccccc3c(-c3ccc(-c4cc5c6ccccc6ccc5c5ccccc45)cn3)c3ccccc23)cc1. The van der Waals surface area contributed by atoms with E-state index in [1.54, 1.807) is 0 Å². The zero-order chi connectivity index (χ0) is 31.0. The maximum Gasteiger partial charge on any atom is 0.0714 e. The minimum absolute atomic E-state index is 0.983. The number of aromatic nitrogens is 1. The van der Waals surface area contributed by atoms with Crippen molar-refractivity contribution in [3.8, 4) is 33.5 Å². The van der Waals surface area contributed by atoms with Gasteiger partial charge in [0.2, 0.25) is 0 Å². The number of benzene rings is 8. The third-order valence-corrected chi connectivity index (χ3v) is 9.09. The van der Waals surface area contributed by atoms with Crippen LogP contribution in [0.1, 0.15) is 13.8 Å². The van der Waals surface area contributed by atoms with E-state index in [1.807, 2.05) is 13.8 Å². The van der Waals surface area contributed by atoms with Crippen molar-refractivity contribution in [3.05, 3.63) is 164 Å². The molecule has 0 aliphatic heterocycles. The Morgan fingerprint density at radius 2 is 0.870 bits per heavy atom. The normalized spacial score (nSPS) is 11.3. The summed E-state index contributed by atoms with van der Waals surface area (Å²) < 4.78 is 0. The highest BCUT2D eigenvalue weighted by Crippen LogP contribution is 2.44. The van der Waals surface area contributed by atoms with Crippen molar-refractivity contribution in [3.63, 3.8) is 0 Å². The molecular weight excluding hydrogens is 555 g/mol. The minimum atomic E-state index is 0.983. The topological polar surface area (TPSA) is 12.9 Å². The molecule has 0 unspecified atom stereocenters. The predicted octanol–water partition coefficient (Wildman–Crippen LogP) is 12.9. The van der Waals surface area contributed by atoms with Crippen LogP contribution < -0.4 is 0 Å². The first-order valence-electron chi connectivity index (χ1n) is 16.1. The van der Waals surface area contributed by atoms with Gasteiger partial charge in [-0.15, -0.1) is 0 Å². The van der Waals surface area contributed by atoms with E-state index in [0.29, 0.717) is 0 Å². The molecule has 8 aromatic carbocycles. The van der Waals surface area contributed by atoms with Crippen LogP contribution in [0, 0.1) is 0 Å². The van der Waals surface area contributed by atoms with Crippen LogP contribution in [-0.4, -0.2) is 4.98 Å². The molecule has 0 aliphatic carbocycles. The zero-order valence-electron chi connectivity index (χ0n) is 26.0. The van der Waals surface area contributed by atoms with Crippen molar-refractivity contribution < 1.29 is 0 Å². The number of nitrogens with zero attached hydrogens (tertiary/aromatic N) is 1. The summed E-state index contributed by atoms with van der Waals surface area (Å²) in [5.74, 6) is 0. The average molecular weight is 588 g/mol. The Hall–Kier alpha value is -5.79. The minimum Gasteiger partial charge on any atom is -0.256 e. The van der Waals surface area contributed by atoms with Gasteiger partial charge in [-0.05, 0) is 82.7 Å². The second kappa shape index (κ2) is 11.6. The van der Waals surface area contributed by atoms with Gasteiger partial charge >= 0.3 is 0 Å². The van der Waals surface area contributed by atoms with Gasteiger partial charge in [0, 0.05) is 17.3 Å². The van der Waals surface area contributed by atoms with Gasteiger partial charge in [-0.25, -0.2) is 0 Å². The molecule has 9 aromatic rings. The van der Waals surface area contributed by atoms with E-state index in [9.17, 15) is 0 Å². The molecule has 0 radical (unpaired) electrons. The van der Waals surface area contributed by atoms with Crippen LogP contribution in [0.2, 0.25) is 0 Å². The lowest BCUT2D eigenvalue weighted by Crippen LogP contribution is -1.93. The molecule has 0 spiro atoms. The largest absolute Gasteiger partial charge is 0.256 e. The fourth-order valence-corrected chi connectivity index (χ4v) is 7.12. The maximum absolute atomic E-state index is 5.18. The Balaban J connectivity index is 0.00000153. The number of pyridine rings is 1. The summed E-state index contributed by atoms with van der Waals surface area (Å²) in [6, 6.07) is 56.9. The molecule has 0 saturated carbocycles. The van der Waals surface area contributed by atoms with Crippen molar-refractivity contribution in [1.29, 1.82) is 0 Å². The molecule has 0 aliphatic rings. The monoisotopic (exact) mass is 587 g/mol. The van der Waals surface area contributed by atoms with Crippen molar-refractivity contribution in [2.45, 2.75) is 13.8 Å². The van der Waals surface area contributed by atoms with Gasteiger partial charge in [-0.1, -0.05) is 159 Å². The summed E-state index contributed by atoms with van der Waals surface area (Å²) in [7, 11) is 0. The zero-order valence-corrected chi connectivity index (χ0v) is 26.0. The van der Waals surface area contributed by atoms with Crippen molar-refractivity contribution in [2.24, 2.45) is 0 Å². The smallest absolute Gasteiger partial charge is 0.0714 e. The third kappa shape index (κ3) is 4.44. The van der Waals surface area contributed by atoms with Crippen molar-refractivity contribution in [2.75, 3.05) is 0 Å². The molecule has 1 aromatic heterocycles. The van der Waals surface area contributed by atoms with E-state index < -0.39 is 0 Å². The highest BCUT2D eigenvalue weighted by atomic mass is 14.7. The number of rotatable bonds is 3. The second-order valence-corrected chi connectivity index (χ2v) is 11.5. The predicted molar refractivity (Wildman–Crippen MR) is 199 cm³/mol. The van der Waals surface area contributed by atoms with E-state index >= 15 is 0 Å². The van der Waals surface area contributed by atoms with Crippen molar-refractivity contribution >= 4 is 53.9 Å². The van der Waals surface area contributed by atoms with E-state index in [0.717, 1.165) is 11.3 Å². The first kappa shape index (κ1) is 27.7. The Bertz CT molecular complexity index is 2470. The van der Waals surface area contributed by atoms with Crippen LogP contribution in [0.15, 0.2) is 164 Å². The molecule has 0 N–H and O–H groups in total. The number of fused-ring (bicyclic) bond motifs is 7. The van der Waals surface area contributed by atoms with Crippen LogP contribution in [0.4, 0.5) is 0 Å². The molecule has 218 valence electrons. The van der Waals surface area contributed by atoms with Crippen molar-refractivity contribution in [1.82, 2.24) is 4.98 Å². The molecule has 0 bridgehead atoms. The lowest BCUT2D eigenvalue weighted by atomic mass is 9.87. The van der Waals surface area contributed by atoms with E-state index in [2.05, 4.69) is 164 Å². The van der Waals surface area contributed by atoms with E-state index in [4.69, 9.17) is 4.98 Å². The van der Waals surface area contributed by atoms with Crippen LogP contribution in [0.3, 0.4) is 0 Å². The van der Waals surface area contributed by atoms with Crippen LogP contribution in [-0.2, 0) is 0 Å². The molecule has 46 heavy (non-hydrogen) atoms. The molecule has 1 heteroatoms. The Morgan fingerprint density at radius 3 is 1.50 bits per heavy atom. The quantitative estimate of drug-likeness (QED) is 0.148. The van der Waals surface area contributed by atoms with E-state index in [-0.39, 0.29) is 0 Å². The highest BCUT2D eigenvalue weighted by molar-refractivity contribution is 6.22. The van der Waals surface area contributed by atoms with Gasteiger partial charge in [0.25, 0.3) is 0 Å². The molecule has 1 nitrogen and oxygen atoms in total. The Labute approximate surface area is 269 Å². The molecule has 0 fully saturated rings. The van der Waals surface area contributed by atoms with Crippen LogP contribution >= 0.6 is 0 Å². The molecule has 0 amide bonds. The molecule has 0 atom stereocenters. The summed E-state index contributed by atoms with van der Waals surface area (Å²) in [5.41, 5.74) is 6.98. The lowest BCUT2D eigenvalue weighted by Gasteiger charge is -2.17. The van der Waals surface area contributed by atoms with Crippen LogP contribution in [0.5, 0.6) is 0 Å². The fraction of sp³-hybridized carbons (Fsp3) is 0.0444. The summed E-state index contributed by atoms with van der Waals surface area (Å²) >= 11 is 0. The first-order chi connectivity index (χ1) is 22.8. The standard InChI is InChI=1S/C43H27N.C2H6/c1-2-13-29(14-3-1)42-35-18-8-10-20-37(35)43(38-21-11-9-19-36(38)42)41-25-23-30(27-44-41)39-26-40-31-15-5-4-12-28(31)22-24-34(40)32-16-6-7-17-33(32)39;1-2/h1-27H;1-2H3. The van der Waals surface area contributed by atoms with Gasteiger partial charge in [-0.3, -0.25) is 4.98 Å².